The van der Waals surface area contributed by atoms with Gasteiger partial charge in [0.1, 0.15) is 5.75 Å². The fourth-order valence-corrected chi connectivity index (χ4v) is 3.77. The van der Waals surface area contributed by atoms with Crippen LogP contribution < -0.4 is 16.0 Å². The van der Waals surface area contributed by atoms with Gasteiger partial charge in [-0.15, -0.1) is 0 Å². The molecule has 0 saturated carbocycles. The first-order chi connectivity index (χ1) is 9.78. The molecule has 0 spiro atoms. The molecule has 1 saturated heterocycles. The van der Waals surface area contributed by atoms with Crippen LogP contribution >= 0.6 is 15.9 Å². The van der Waals surface area contributed by atoms with E-state index >= 15 is 0 Å². The predicted octanol–water partition coefficient (Wildman–Crippen LogP) is 2.18. The van der Waals surface area contributed by atoms with Crippen molar-refractivity contribution >= 4 is 15.9 Å². The maximum atomic E-state index is 5.80. The molecule has 0 radical (unpaired) electrons. The lowest BCUT2D eigenvalue weighted by molar-refractivity contribution is 0.0537. The van der Waals surface area contributed by atoms with E-state index in [2.05, 4.69) is 33.5 Å². The summed E-state index contributed by atoms with van der Waals surface area (Å²) < 4.78 is 12.4. The maximum Gasteiger partial charge on any atom is 0.125 e. The summed E-state index contributed by atoms with van der Waals surface area (Å²) in [6.07, 6.45) is 4.06. The maximum absolute atomic E-state index is 5.80. The summed E-state index contributed by atoms with van der Waals surface area (Å²) in [6.45, 7) is 2.47. The molecule has 0 aliphatic carbocycles. The van der Waals surface area contributed by atoms with Crippen LogP contribution in [0.2, 0.25) is 0 Å². The summed E-state index contributed by atoms with van der Waals surface area (Å²) in [5.41, 5.74) is 5.56. The second kappa shape index (κ2) is 6.43. The molecule has 3 rings (SSSR count). The summed E-state index contributed by atoms with van der Waals surface area (Å²) in [4.78, 5) is 0. The summed E-state index contributed by atoms with van der Waals surface area (Å²) in [5, 5.41) is 0. The second-order valence-corrected chi connectivity index (χ2v) is 6.49. The molecule has 2 aliphatic heterocycles. The Kier molecular flexibility index (Phi) is 4.61. The fourth-order valence-electron chi connectivity index (χ4n) is 3.21. The zero-order chi connectivity index (χ0) is 13.9. The van der Waals surface area contributed by atoms with Gasteiger partial charge in [-0.3, -0.25) is 11.3 Å². The highest BCUT2D eigenvalue weighted by atomic mass is 79.9. The van der Waals surface area contributed by atoms with Crippen LogP contribution in [0.3, 0.4) is 0 Å². The first-order valence-electron chi connectivity index (χ1n) is 7.26. The van der Waals surface area contributed by atoms with Gasteiger partial charge in [0.05, 0.1) is 6.61 Å². The molecule has 3 N–H and O–H groups in total. The van der Waals surface area contributed by atoms with Gasteiger partial charge in [0.15, 0.2) is 0 Å². The first-order valence-corrected chi connectivity index (χ1v) is 8.05. The molecule has 0 bridgehead atoms. The normalized spacial score (nSPS) is 20.5. The SMILES string of the molecule is NNC(Cc1cc(Br)cc2c1OCC2)C1CCOCC1. The predicted molar refractivity (Wildman–Crippen MR) is 81.7 cm³/mol. The topological polar surface area (TPSA) is 56.5 Å². The van der Waals surface area contributed by atoms with Crippen LogP contribution in [-0.2, 0) is 17.6 Å². The lowest BCUT2D eigenvalue weighted by Gasteiger charge is -2.30. The third-order valence-electron chi connectivity index (χ3n) is 4.31. The van der Waals surface area contributed by atoms with Crippen LogP contribution in [-0.4, -0.2) is 25.9 Å². The lowest BCUT2D eigenvalue weighted by Crippen LogP contribution is -2.44. The zero-order valence-corrected chi connectivity index (χ0v) is 13.1. The van der Waals surface area contributed by atoms with E-state index in [0.29, 0.717) is 5.92 Å². The van der Waals surface area contributed by atoms with Gasteiger partial charge in [-0.1, -0.05) is 15.9 Å². The Morgan fingerprint density at radius 1 is 1.30 bits per heavy atom. The van der Waals surface area contributed by atoms with Crippen LogP contribution in [0, 0.1) is 5.92 Å². The molecule has 110 valence electrons. The molecule has 1 fully saturated rings. The Morgan fingerprint density at radius 3 is 2.85 bits per heavy atom. The van der Waals surface area contributed by atoms with Crippen molar-refractivity contribution in [2.75, 3.05) is 19.8 Å². The number of rotatable bonds is 4. The number of hydrogen-bond acceptors (Lipinski definition) is 4. The van der Waals surface area contributed by atoms with E-state index < -0.39 is 0 Å². The highest BCUT2D eigenvalue weighted by molar-refractivity contribution is 9.10. The molecular formula is C15H21BrN2O2. The van der Waals surface area contributed by atoms with Crippen LogP contribution in [0.15, 0.2) is 16.6 Å². The van der Waals surface area contributed by atoms with Crippen LogP contribution in [0.4, 0.5) is 0 Å². The molecule has 1 aromatic rings. The smallest absolute Gasteiger partial charge is 0.125 e. The van der Waals surface area contributed by atoms with E-state index in [1.54, 1.807) is 0 Å². The molecule has 4 nitrogen and oxygen atoms in total. The van der Waals surface area contributed by atoms with Crippen molar-refractivity contribution < 1.29 is 9.47 Å². The summed E-state index contributed by atoms with van der Waals surface area (Å²) in [7, 11) is 0. The minimum atomic E-state index is 0.279. The van der Waals surface area contributed by atoms with E-state index in [9.17, 15) is 0 Å². The van der Waals surface area contributed by atoms with E-state index in [4.69, 9.17) is 15.3 Å². The highest BCUT2D eigenvalue weighted by Crippen LogP contribution is 2.34. The molecule has 0 aromatic heterocycles. The quantitative estimate of drug-likeness (QED) is 0.651. The number of hydrazine groups is 1. The molecule has 1 unspecified atom stereocenters. The van der Waals surface area contributed by atoms with Gasteiger partial charge in [0, 0.05) is 30.1 Å². The average Bonchev–Trinajstić information content (AvgIpc) is 2.93. The Labute approximate surface area is 128 Å². The van der Waals surface area contributed by atoms with Crippen molar-refractivity contribution in [3.05, 3.63) is 27.7 Å². The van der Waals surface area contributed by atoms with Crippen molar-refractivity contribution in [1.29, 1.82) is 0 Å². The molecule has 0 amide bonds. The molecule has 1 aromatic carbocycles. The van der Waals surface area contributed by atoms with Crippen molar-refractivity contribution in [3.8, 4) is 5.75 Å². The summed E-state index contributed by atoms with van der Waals surface area (Å²) in [6, 6.07) is 4.60. The highest BCUT2D eigenvalue weighted by Gasteiger charge is 2.26. The third-order valence-corrected chi connectivity index (χ3v) is 4.77. The first kappa shape index (κ1) is 14.3. The number of benzene rings is 1. The van der Waals surface area contributed by atoms with E-state index in [1.807, 2.05) is 0 Å². The molecule has 20 heavy (non-hydrogen) atoms. The van der Waals surface area contributed by atoms with Gasteiger partial charge in [0.25, 0.3) is 0 Å². The summed E-state index contributed by atoms with van der Waals surface area (Å²) in [5.74, 6) is 7.44. The minimum absolute atomic E-state index is 0.279. The zero-order valence-electron chi connectivity index (χ0n) is 11.5. The molecular weight excluding hydrogens is 320 g/mol. The average molecular weight is 341 g/mol. The second-order valence-electron chi connectivity index (χ2n) is 5.58. The van der Waals surface area contributed by atoms with Gasteiger partial charge >= 0.3 is 0 Å². The summed E-state index contributed by atoms with van der Waals surface area (Å²) >= 11 is 3.60. The van der Waals surface area contributed by atoms with Gasteiger partial charge in [-0.05, 0) is 48.4 Å². The van der Waals surface area contributed by atoms with E-state index in [0.717, 1.165) is 55.7 Å². The van der Waals surface area contributed by atoms with Gasteiger partial charge in [-0.25, -0.2) is 0 Å². The number of halogens is 1. The van der Waals surface area contributed by atoms with Crippen molar-refractivity contribution in [3.63, 3.8) is 0 Å². The molecule has 2 aliphatic rings. The number of hydrogen-bond donors (Lipinski definition) is 2. The minimum Gasteiger partial charge on any atom is -0.493 e. The molecule has 5 heteroatoms. The lowest BCUT2D eigenvalue weighted by atomic mass is 9.87. The molecule has 2 heterocycles. The Morgan fingerprint density at radius 2 is 2.10 bits per heavy atom. The van der Waals surface area contributed by atoms with Crippen molar-refractivity contribution in [1.82, 2.24) is 5.43 Å². The van der Waals surface area contributed by atoms with Crippen LogP contribution in [0.1, 0.15) is 24.0 Å². The fraction of sp³-hybridized carbons (Fsp3) is 0.600. The van der Waals surface area contributed by atoms with Gasteiger partial charge < -0.3 is 9.47 Å². The third kappa shape index (κ3) is 3.01. The largest absolute Gasteiger partial charge is 0.493 e. The van der Waals surface area contributed by atoms with E-state index in [1.165, 1.54) is 11.1 Å². The monoisotopic (exact) mass is 340 g/mol. The standard InChI is InChI=1S/C15H21BrN2O2/c16-13-7-11-3-6-20-15(11)12(8-13)9-14(18-17)10-1-4-19-5-2-10/h7-8,10,14,18H,1-6,9,17H2. The van der Waals surface area contributed by atoms with Gasteiger partial charge in [-0.2, -0.15) is 0 Å². The Hall–Kier alpha value is -0.620. The van der Waals surface area contributed by atoms with Crippen molar-refractivity contribution in [2.24, 2.45) is 11.8 Å². The van der Waals surface area contributed by atoms with Gasteiger partial charge in [0.2, 0.25) is 0 Å². The number of fused-ring (bicyclic) bond motifs is 1. The number of nitrogens with two attached hydrogens (primary N) is 1. The molecule has 1 atom stereocenters. The van der Waals surface area contributed by atoms with Crippen molar-refractivity contribution in [2.45, 2.75) is 31.7 Å². The Bertz CT molecular complexity index is 475. The van der Waals surface area contributed by atoms with Crippen LogP contribution in [0.5, 0.6) is 5.75 Å². The van der Waals surface area contributed by atoms with Crippen LogP contribution in [0.25, 0.3) is 0 Å². The number of nitrogens with one attached hydrogen (secondary N) is 1. The Balaban J connectivity index is 1.78. The van der Waals surface area contributed by atoms with E-state index in [-0.39, 0.29) is 6.04 Å². The number of ether oxygens (including phenoxy) is 2.